The largest absolute Gasteiger partial charge is 0.356 e. The van der Waals surface area contributed by atoms with Gasteiger partial charge in [-0.1, -0.05) is 0 Å². The quantitative estimate of drug-likeness (QED) is 0.858. The third kappa shape index (κ3) is 3.11. The molecule has 2 saturated heterocycles. The molecule has 2 aromatic rings. The van der Waals surface area contributed by atoms with Crippen molar-refractivity contribution in [3.63, 3.8) is 0 Å². The van der Waals surface area contributed by atoms with E-state index >= 15 is 0 Å². The number of carbonyl (C=O) groups excluding carboxylic acids is 1. The maximum absolute atomic E-state index is 12.3. The van der Waals surface area contributed by atoms with Gasteiger partial charge in [0, 0.05) is 37.5 Å². The number of fused-ring (bicyclic) bond motifs is 1. The lowest BCUT2D eigenvalue weighted by atomic mass is 9.93. The molecule has 0 aliphatic carbocycles. The van der Waals surface area contributed by atoms with Gasteiger partial charge in [-0.15, -0.1) is 11.3 Å². The van der Waals surface area contributed by atoms with Crippen LogP contribution >= 0.6 is 11.3 Å². The molecule has 6 heteroatoms. The minimum Gasteiger partial charge on any atom is -0.356 e. The molecule has 1 amide bonds. The van der Waals surface area contributed by atoms with E-state index in [0.717, 1.165) is 56.1 Å². The molecule has 0 aromatic carbocycles. The van der Waals surface area contributed by atoms with Crippen LogP contribution in [0.3, 0.4) is 0 Å². The Balaban J connectivity index is 1.39. The van der Waals surface area contributed by atoms with Crippen molar-refractivity contribution in [2.45, 2.75) is 39.0 Å². The molecule has 2 aliphatic heterocycles. The summed E-state index contributed by atoms with van der Waals surface area (Å²) in [4.78, 5) is 28.0. The molecule has 0 radical (unpaired) electrons. The number of nitrogens with zero attached hydrogens (tertiary/aromatic N) is 4. The van der Waals surface area contributed by atoms with Crippen molar-refractivity contribution in [1.82, 2.24) is 14.9 Å². The average molecular weight is 344 g/mol. The maximum Gasteiger partial charge on any atom is 0.222 e. The highest BCUT2D eigenvalue weighted by Gasteiger charge is 2.26. The molecule has 2 aliphatic rings. The van der Waals surface area contributed by atoms with Gasteiger partial charge in [0.25, 0.3) is 0 Å². The first-order chi connectivity index (χ1) is 11.7. The Kier molecular flexibility index (Phi) is 4.39. The van der Waals surface area contributed by atoms with Crippen LogP contribution in [0.5, 0.6) is 0 Å². The number of thiophene rings is 1. The van der Waals surface area contributed by atoms with E-state index in [-0.39, 0.29) is 0 Å². The van der Waals surface area contributed by atoms with Crippen molar-refractivity contribution >= 4 is 33.3 Å². The second kappa shape index (κ2) is 6.67. The molecular weight excluding hydrogens is 320 g/mol. The van der Waals surface area contributed by atoms with Crippen molar-refractivity contribution in [2.24, 2.45) is 5.92 Å². The second-order valence-corrected chi connectivity index (χ2v) is 8.23. The van der Waals surface area contributed by atoms with Crippen molar-refractivity contribution in [2.75, 3.05) is 31.1 Å². The van der Waals surface area contributed by atoms with Gasteiger partial charge in [0.05, 0.1) is 5.39 Å². The van der Waals surface area contributed by atoms with Crippen LogP contribution in [0.25, 0.3) is 10.2 Å². The highest BCUT2D eigenvalue weighted by molar-refractivity contribution is 7.18. The van der Waals surface area contributed by atoms with E-state index in [2.05, 4.69) is 32.8 Å². The molecule has 2 aromatic heterocycles. The van der Waals surface area contributed by atoms with Crippen LogP contribution in [-0.2, 0) is 4.79 Å². The Labute approximate surface area is 146 Å². The summed E-state index contributed by atoms with van der Waals surface area (Å²) in [6.07, 6.45) is 6.91. The molecule has 5 nitrogen and oxygen atoms in total. The zero-order valence-corrected chi connectivity index (χ0v) is 15.0. The maximum atomic E-state index is 12.3. The molecule has 128 valence electrons. The summed E-state index contributed by atoms with van der Waals surface area (Å²) in [6, 6.07) is 2.19. The van der Waals surface area contributed by atoms with Crippen molar-refractivity contribution in [3.05, 3.63) is 17.3 Å². The van der Waals surface area contributed by atoms with Crippen LogP contribution in [-0.4, -0.2) is 47.0 Å². The minimum atomic E-state index is 0.365. The Morgan fingerprint density at radius 2 is 1.96 bits per heavy atom. The Morgan fingerprint density at radius 3 is 2.71 bits per heavy atom. The normalized spacial score (nSPS) is 19.4. The van der Waals surface area contributed by atoms with Crippen LogP contribution in [0.15, 0.2) is 12.4 Å². The fourth-order valence-corrected chi connectivity index (χ4v) is 4.75. The zero-order chi connectivity index (χ0) is 16.5. The molecular formula is C18H24N4OS. The standard InChI is InChI=1S/C18H24N4OS/c1-13-10-15-17(19-12-20-18(15)24-13)22-8-4-14(5-9-22)11-16(23)21-6-2-3-7-21/h10,12,14H,2-9,11H2,1H3. The van der Waals surface area contributed by atoms with Crippen molar-refractivity contribution < 1.29 is 4.79 Å². The monoisotopic (exact) mass is 344 g/mol. The number of piperidine rings is 1. The fraction of sp³-hybridized carbons (Fsp3) is 0.611. The lowest BCUT2D eigenvalue weighted by Gasteiger charge is -2.33. The van der Waals surface area contributed by atoms with Gasteiger partial charge >= 0.3 is 0 Å². The molecule has 0 bridgehead atoms. The summed E-state index contributed by atoms with van der Waals surface area (Å²) in [6.45, 7) is 6.02. The fourth-order valence-electron chi connectivity index (χ4n) is 3.91. The van der Waals surface area contributed by atoms with E-state index in [1.807, 2.05) is 0 Å². The van der Waals surface area contributed by atoms with Crippen molar-refractivity contribution in [3.8, 4) is 0 Å². The van der Waals surface area contributed by atoms with Gasteiger partial charge < -0.3 is 9.80 Å². The number of rotatable bonds is 3. The number of hydrogen-bond acceptors (Lipinski definition) is 5. The third-order valence-electron chi connectivity index (χ3n) is 5.27. The van der Waals surface area contributed by atoms with Gasteiger partial charge in [-0.3, -0.25) is 4.79 Å². The van der Waals surface area contributed by atoms with Gasteiger partial charge in [-0.2, -0.15) is 0 Å². The average Bonchev–Trinajstić information content (AvgIpc) is 3.23. The van der Waals surface area contributed by atoms with Crippen LogP contribution in [0.2, 0.25) is 0 Å². The summed E-state index contributed by atoms with van der Waals surface area (Å²) in [5.41, 5.74) is 0. The van der Waals surface area contributed by atoms with Crippen LogP contribution in [0.1, 0.15) is 37.0 Å². The molecule has 2 fully saturated rings. The number of aromatic nitrogens is 2. The first kappa shape index (κ1) is 15.8. The number of aryl methyl sites for hydroxylation is 1. The van der Waals surface area contributed by atoms with E-state index in [4.69, 9.17) is 0 Å². The summed E-state index contributed by atoms with van der Waals surface area (Å²) in [5, 5.41) is 1.17. The number of likely N-dealkylation sites (tertiary alicyclic amines) is 1. The second-order valence-electron chi connectivity index (χ2n) is 7.00. The molecule has 0 N–H and O–H groups in total. The number of anilines is 1. The predicted octanol–water partition coefficient (Wildman–Crippen LogP) is 3.23. The van der Waals surface area contributed by atoms with Gasteiger partial charge in [0.2, 0.25) is 5.91 Å². The highest BCUT2D eigenvalue weighted by atomic mass is 32.1. The van der Waals surface area contributed by atoms with Gasteiger partial charge in [-0.25, -0.2) is 9.97 Å². The Morgan fingerprint density at radius 1 is 1.21 bits per heavy atom. The van der Waals surface area contributed by atoms with Gasteiger partial charge in [0.1, 0.15) is 17.0 Å². The minimum absolute atomic E-state index is 0.365. The molecule has 0 atom stereocenters. The van der Waals surface area contributed by atoms with Crippen molar-refractivity contribution in [1.29, 1.82) is 0 Å². The molecule has 0 saturated carbocycles. The van der Waals surface area contributed by atoms with Gasteiger partial charge in [0.15, 0.2) is 0 Å². The molecule has 4 heterocycles. The van der Waals surface area contributed by atoms with Gasteiger partial charge in [-0.05, 0) is 44.6 Å². The number of amides is 1. The lowest BCUT2D eigenvalue weighted by Crippen LogP contribution is -2.37. The SMILES string of the molecule is Cc1cc2c(N3CCC(CC(=O)N4CCCC4)CC3)ncnc2s1. The summed E-state index contributed by atoms with van der Waals surface area (Å²) in [5.74, 6) is 1.95. The van der Waals surface area contributed by atoms with E-state index in [1.165, 1.54) is 23.1 Å². The first-order valence-corrected chi connectivity index (χ1v) is 9.76. The first-order valence-electron chi connectivity index (χ1n) is 8.94. The molecule has 4 rings (SSSR count). The Hall–Kier alpha value is -1.69. The Bertz CT molecular complexity index is 730. The number of hydrogen-bond donors (Lipinski definition) is 0. The summed E-state index contributed by atoms with van der Waals surface area (Å²) in [7, 11) is 0. The van der Waals surface area contributed by atoms with Crippen LogP contribution < -0.4 is 4.90 Å². The molecule has 0 unspecified atom stereocenters. The van der Waals surface area contributed by atoms with E-state index < -0.39 is 0 Å². The summed E-state index contributed by atoms with van der Waals surface area (Å²) >= 11 is 1.73. The molecule has 0 spiro atoms. The lowest BCUT2D eigenvalue weighted by molar-refractivity contribution is -0.131. The van der Waals surface area contributed by atoms with E-state index in [1.54, 1.807) is 17.7 Å². The molecule has 24 heavy (non-hydrogen) atoms. The summed E-state index contributed by atoms with van der Waals surface area (Å²) < 4.78 is 0. The van der Waals surface area contributed by atoms with Crippen LogP contribution in [0.4, 0.5) is 5.82 Å². The third-order valence-corrected chi connectivity index (χ3v) is 6.23. The van der Waals surface area contributed by atoms with Crippen LogP contribution in [0, 0.1) is 12.8 Å². The highest BCUT2D eigenvalue weighted by Crippen LogP contribution is 2.32. The number of carbonyl (C=O) groups is 1. The van der Waals surface area contributed by atoms with E-state index in [9.17, 15) is 4.79 Å². The van der Waals surface area contributed by atoms with E-state index in [0.29, 0.717) is 11.8 Å². The zero-order valence-electron chi connectivity index (χ0n) is 14.2. The topological polar surface area (TPSA) is 49.3 Å². The smallest absolute Gasteiger partial charge is 0.222 e. The predicted molar refractivity (Wildman–Crippen MR) is 97.5 cm³/mol.